The summed E-state index contributed by atoms with van der Waals surface area (Å²) < 4.78 is 5.45. The Morgan fingerprint density at radius 1 is 1.12 bits per heavy atom. The molecule has 0 aromatic heterocycles. The van der Waals surface area contributed by atoms with Gasteiger partial charge in [-0.2, -0.15) is 0 Å². The molecule has 1 aromatic carbocycles. The summed E-state index contributed by atoms with van der Waals surface area (Å²) in [5.74, 6) is 0. The summed E-state index contributed by atoms with van der Waals surface area (Å²) in [6.07, 6.45) is 3.08. The standard InChI is InChI=1S/C20H29N3O3/c1-15-12-22(20(25)26-14-17-8-5-4-6-9-17)13-16(2)23(15)19(24)21(3)18-10-7-11-18/h4-6,8-9,15-16,18H,7,10-14H2,1-3H3/t15-,16-/m0/s1. The molecular weight excluding hydrogens is 330 g/mol. The van der Waals surface area contributed by atoms with Gasteiger partial charge in [0.2, 0.25) is 0 Å². The number of carbonyl (C=O) groups excluding carboxylic acids is 2. The van der Waals surface area contributed by atoms with E-state index in [1.807, 2.05) is 61.0 Å². The van der Waals surface area contributed by atoms with Crippen LogP contribution in [0.4, 0.5) is 9.59 Å². The van der Waals surface area contributed by atoms with E-state index in [0.29, 0.717) is 19.1 Å². The molecule has 2 atom stereocenters. The first-order valence-electron chi connectivity index (χ1n) is 9.48. The zero-order chi connectivity index (χ0) is 18.7. The van der Waals surface area contributed by atoms with Crippen molar-refractivity contribution < 1.29 is 14.3 Å². The van der Waals surface area contributed by atoms with Crippen molar-refractivity contribution in [3.8, 4) is 0 Å². The number of benzene rings is 1. The molecule has 1 aliphatic heterocycles. The zero-order valence-corrected chi connectivity index (χ0v) is 15.9. The van der Waals surface area contributed by atoms with Gasteiger partial charge in [-0.05, 0) is 38.7 Å². The second-order valence-electron chi connectivity index (χ2n) is 7.53. The fraction of sp³-hybridized carbons (Fsp3) is 0.600. The van der Waals surface area contributed by atoms with Gasteiger partial charge in [-0.15, -0.1) is 0 Å². The summed E-state index contributed by atoms with van der Waals surface area (Å²) in [5.41, 5.74) is 0.970. The first kappa shape index (κ1) is 18.5. The van der Waals surface area contributed by atoms with E-state index in [-0.39, 0.29) is 30.8 Å². The van der Waals surface area contributed by atoms with Gasteiger partial charge in [-0.25, -0.2) is 9.59 Å². The molecule has 1 saturated carbocycles. The van der Waals surface area contributed by atoms with Crippen LogP contribution in [0.15, 0.2) is 30.3 Å². The summed E-state index contributed by atoms with van der Waals surface area (Å²) >= 11 is 0. The average molecular weight is 359 g/mol. The highest BCUT2D eigenvalue weighted by Gasteiger charge is 2.38. The van der Waals surface area contributed by atoms with Crippen molar-refractivity contribution in [2.45, 2.75) is 57.8 Å². The monoisotopic (exact) mass is 359 g/mol. The lowest BCUT2D eigenvalue weighted by Crippen LogP contribution is -2.63. The van der Waals surface area contributed by atoms with Crippen LogP contribution >= 0.6 is 0 Å². The van der Waals surface area contributed by atoms with Crippen molar-refractivity contribution in [3.05, 3.63) is 35.9 Å². The molecule has 6 nitrogen and oxygen atoms in total. The normalized spacial score (nSPS) is 23.3. The molecule has 3 rings (SSSR count). The maximum atomic E-state index is 12.9. The van der Waals surface area contributed by atoms with Crippen LogP contribution in [0.25, 0.3) is 0 Å². The quantitative estimate of drug-likeness (QED) is 0.832. The number of ether oxygens (including phenoxy) is 1. The van der Waals surface area contributed by atoms with Crippen LogP contribution in [0.1, 0.15) is 38.7 Å². The summed E-state index contributed by atoms with van der Waals surface area (Å²) in [6.45, 7) is 5.27. The molecule has 142 valence electrons. The number of rotatable bonds is 3. The SMILES string of the molecule is C[C@H]1CN(C(=O)OCc2ccccc2)C[C@H](C)N1C(=O)N(C)C1CCC1. The summed E-state index contributed by atoms with van der Waals surface area (Å²) in [6, 6.07) is 10.0. The van der Waals surface area contributed by atoms with E-state index < -0.39 is 0 Å². The largest absolute Gasteiger partial charge is 0.445 e. The topological polar surface area (TPSA) is 53.1 Å². The fourth-order valence-electron chi connectivity index (χ4n) is 3.77. The molecule has 3 amide bonds. The maximum absolute atomic E-state index is 12.9. The van der Waals surface area contributed by atoms with Crippen molar-refractivity contribution in [1.29, 1.82) is 0 Å². The second-order valence-corrected chi connectivity index (χ2v) is 7.53. The third kappa shape index (κ3) is 3.94. The highest BCUT2D eigenvalue weighted by molar-refractivity contribution is 5.76. The van der Waals surface area contributed by atoms with E-state index in [1.165, 1.54) is 6.42 Å². The van der Waals surface area contributed by atoms with Crippen LogP contribution in [-0.2, 0) is 11.3 Å². The number of nitrogens with zero attached hydrogens (tertiary/aromatic N) is 3. The highest BCUT2D eigenvalue weighted by atomic mass is 16.6. The van der Waals surface area contributed by atoms with Crippen LogP contribution in [0.2, 0.25) is 0 Å². The van der Waals surface area contributed by atoms with E-state index in [9.17, 15) is 9.59 Å². The first-order valence-corrected chi connectivity index (χ1v) is 9.48. The average Bonchev–Trinajstić information content (AvgIpc) is 2.58. The second kappa shape index (κ2) is 7.98. The molecule has 26 heavy (non-hydrogen) atoms. The van der Waals surface area contributed by atoms with Gasteiger partial charge in [0.1, 0.15) is 6.61 Å². The number of hydrogen-bond donors (Lipinski definition) is 0. The van der Waals surface area contributed by atoms with Crippen LogP contribution < -0.4 is 0 Å². The predicted octanol–water partition coefficient (Wildman–Crippen LogP) is 3.32. The molecule has 0 bridgehead atoms. The Kier molecular flexibility index (Phi) is 5.69. The van der Waals surface area contributed by atoms with Crippen LogP contribution in [0, 0.1) is 0 Å². The van der Waals surface area contributed by atoms with Crippen molar-refractivity contribution in [1.82, 2.24) is 14.7 Å². The van der Waals surface area contributed by atoms with Crippen LogP contribution in [0.5, 0.6) is 0 Å². The number of piperazine rings is 1. The number of urea groups is 1. The van der Waals surface area contributed by atoms with Gasteiger partial charge >= 0.3 is 12.1 Å². The molecule has 0 N–H and O–H groups in total. The van der Waals surface area contributed by atoms with E-state index in [0.717, 1.165) is 18.4 Å². The Morgan fingerprint density at radius 3 is 2.27 bits per heavy atom. The Morgan fingerprint density at radius 2 is 1.73 bits per heavy atom. The van der Waals surface area contributed by atoms with Gasteiger partial charge in [0.25, 0.3) is 0 Å². The van der Waals surface area contributed by atoms with Gasteiger partial charge in [0, 0.05) is 38.3 Å². The van der Waals surface area contributed by atoms with Crippen LogP contribution in [-0.4, -0.2) is 65.1 Å². The van der Waals surface area contributed by atoms with Crippen molar-refractivity contribution in [2.24, 2.45) is 0 Å². The van der Waals surface area contributed by atoms with Gasteiger partial charge in [-0.3, -0.25) is 0 Å². The molecule has 1 aromatic rings. The number of carbonyl (C=O) groups is 2. The molecule has 0 radical (unpaired) electrons. The lowest BCUT2D eigenvalue weighted by molar-refractivity contribution is 0.0276. The number of hydrogen-bond acceptors (Lipinski definition) is 3. The lowest BCUT2D eigenvalue weighted by atomic mass is 9.92. The molecule has 0 spiro atoms. The van der Waals surface area contributed by atoms with E-state index in [4.69, 9.17) is 4.74 Å². The van der Waals surface area contributed by atoms with Gasteiger partial charge < -0.3 is 19.4 Å². The third-order valence-corrected chi connectivity index (χ3v) is 5.53. The molecular formula is C20H29N3O3. The van der Waals surface area contributed by atoms with Crippen molar-refractivity contribution in [3.63, 3.8) is 0 Å². The lowest BCUT2D eigenvalue weighted by Gasteiger charge is -2.47. The van der Waals surface area contributed by atoms with Crippen molar-refractivity contribution in [2.75, 3.05) is 20.1 Å². The van der Waals surface area contributed by atoms with E-state index in [1.54, 1.807) is 4.90 Å². The minimum Gasteiger partial charge on any atom is -0.445 e. The predicted molar refractivity (Wildman–Crippen MR) is 99.8 cm³/mol. The first-order chi connectivity index (χ1) is 12.5. The molecule has 2 fully saturated rings. The molecule has 6 heteroatoms. The Balaban J connectivity index is 1.55. The molecule has 2 aliphatic rings. The molecule has 1 heterocycles. The molecule has 0 unspecified atom stereocenters. The Hall–Kier alpha value is -2.24. The minimum absolute atomic E-state index is 0.0296. The number of amides is 3. The Labute approximate surface area is 155 Å². The van der Waals surface area contributed by atoms with E-state index >= 15 is 0 Å². The minimum atomic E-state index is -0.313. The van der Waals surface area contributed by atoms with E-state index in [2.05, 4.69) is 0 Å². The van der Waals surface area contributed by atoms with Gasteiger partial charge in [-0.1, -0.05) is 30.3 Å². The van der Waals surface area contributed by atoms with Gasteiger partial charge in [0.15, 0.2) is 0 Å². The highest BCUT2D eigenvalue weighted by Crippen LogP contribution is 2.26. The smallest absolute Gasteiger partial charge is 0.410 e. The van der Waals surface area contributed by atoms with Crippen LogP contribution in [0.3, 0.4) is 0 Å². The van der Waals surface area contributed by atoms with Crippen molar-refractivity contribution >= 4 is 12.1 Å². The summed E-state index contributed by atoms with van der Waals surface area (Å²) in [4.78, 5) is 30.8. The zero-order valence-electron chi connectivity index (χ0n) is 15.9. The van der Waals surface area contributed by atoms with Gasteiger partial charge in [0.05, 0.1) is 0 Å². The molecule has 1 aliphatic carbocycles. The third-order valence-electron chi connectivity index (χ3n) is 5.53. The Bertz CT molecular complexity index is 620. The summed E-state index contributed by atoms with van der Waals surface area (Å²) in [5, 5.41) is 0. The fourth-order valence-corrected chi connectivity index (χ4v) is 3.77. The maximum Gasteiger partial charge on any atom is 0.410 e. The summed E-state index contributed by atoms with van der Waals surface area (Å²) in [7, 11) is 1.89. The molecule has 1 saturated heterocycles.